The summed E-state index contributed by atoms with van der Waals surface area (Å²) in [6, 6.07) is 18.1. The van der Waals surface area contributed by atoms with Crippen molar-refractivity contribution in [2.24, 2.45) is 0 Å². The molecule has 4 rings (SSSR count). The highest BCUT2D eigenvalue weighted by Gasteiger charge is 2.13. The zero-order valence-electron chi connectivity index (χ0n) is 16.5. The van der Waals surface area contributed by atoms with E-state index in [0.29, 0.717) is 11.5 Å². The molecule has 3 aromatic rings. The molecule has 0 saturated carbocycles. The van der Waals surface area contributed by atoms with Crippen LogP contribution in [0.3, 0.4) is 0 Å². The molecule has 29 heavy (non-hydrogen) atoms. The summed E-state index contributed by atoms with van der Waals surface area (Å²) in [6.45, 7) is 4.25. The summed E-state index contributed by atoms with van der Waals surface area (Å²) in [4.78, 5) is 23.4. The van der Waals surface area contributed by atoms with Gasteiger partial charge in [0.15, 0.2) is 0 Å². The molecule has 2 aromatic carbocycles. The van der Waals surface area contributed by atoms with Gasteiger partial charge in [-0.1, -0.05) is 30.3 Å². The molecule has 0 spiro atoms. The van der Waals surface area contributed by atoms with Gasteiger partial charge in [-0.25, -0.2) is 9.97 Å². The molecule has 1 saturated heterocycles. The van der Waals surface area contributed by atoms with Crippen LogP contribution in [-0.2, 0) is 0 Å². The van der Waals surface area contributed by atoms with Crippen molar-refractivity contribution in [1.29, 1.82) is 0 Å². The van der Waals surface area contributed by atoms with E-state index < -0.39 is 0 Å². The van der Waals surface area contributed by atoms with Crippen LogP contribution in [0.15, 0.2) is 67.0 Å². The maximum Gasteiger partial charge on any atom is 0.258 e. The van der Waals surface area contributed by atoms with Crippen molar-refractivity contribution in [3.05, 3.63) is 78.1 Å². The van der Waals surface area contributed by atoms with Crippen LogP contribution < -0.4 is 15.5 Å². The molecule has 1 aliphatic heterocycles. The monoisotopic (exact) mass is 387 g/mol. The number of hydrogen-bond acceptors (Lipinski definition) is 5. The number of hydrogen-bond donors (Lipinski definition) is 2. The second kappa shape index (κ2) is 8.73. The summed E-state index contributed by atoms with van der Waals surface area (Å²) >= 11 is 0. The van der Waals surface area contributed by atoms with Gasteiger partial charge in [0.1, 0.15) is 0 Å². The lowest BCUT2D eigenvalue weighted by atomic mass is 10.1. The third-order valence-electron chi connectivity index (χ3n) is 5.16. The highest BCUT2D eigenvalue weighted by Crippen LogP contribution is 2.22. The fraction of sp³-hybridized carbons (Fsp3) is 0.261. The van der Waals surface area contributed by atoms with Crippen molar-refractivity contribution in [1.82, 2.24) is 9.97 Å². The number of amides is 1. The largest absolute Gasteiger partial charge is 0.372 e. The van der Waals surface area contributed by atoms with Gasteiger partial charge in [-0.15, -0.1) is 0 Å². The summed E-state index contributed by atoms with van der Waals surface area (Å²) in [6.07, 6.45) is 5.57. The summed E-state index contributed by atoms with van der Waals surface area (Å²) in [5.74, 6) is 0.273. The average molecular weight is 387 g/mol. The quantitative estimate of drug-likeness (QED) is 0.652. The van der Waals surface area contributed by atoms with E-state index in [1.807, 2.05) is 37.3 Å². The molecule has 0 radical (unpaired) electrons. The van der Waals surface area contributed by atoms with Gasteiger partial charge >= 0.3 is 0 Å². The first-order chi connectivity index (χ1) is 14.2. The molecule has 148 valence electrons. The number of carbonyl (C=O) groups is 1. The molecule has 2 heterocycles. The van der Waals surface area contributed by atoms with Crippen LogP contribution in [0.5, 0.6) is 0 Å². The third-order valence-corrected chi connectivity index (χ3v) is 5.16. The molecule has 1 unspecified atom stereocenters. The number of rotatable bonds is 6. The Morgan fingerprint density at radius 2 is 1.62 bits per heavy atom. The first-order valence-corrected chi connectivity index (χ1v) is 9.99. The second-order valence-corrected chi connectivity index (χ2v) is 7.27. The molecular formula is C23H25N5O. The van der Waals surface area contributed by atoms with Crippen molar-refractivity contribution in [3.63, 3.8) is 0 Å². The molecule has 1 amide bonds. The standard InChI is InChI=1S/C23H25N5O/c1-17(18-7-3-2-4-8-18)26-23-24-15-19(16-25-23)22(29)27-20-9-11-21(12-10-20)28-13-5-6-14-28/h2-4,7-12,15-17H,5-6,13-14H2,1H3,(H,27,29)(H,24,25,26). The lowest BCUT2D eigenvalue weighted by molar-refractivity contribution is 0.102. The first kappa shape index (κ1) is 18.9. The summed E-state index contributed by atoms with van der Waals surface area (Å²) in [5.41, 5.74) is 3.53. The third kappa shape index (κ3) is 4.71. The van der Waals surface area contributed by atoms with Crippen LogP contribution in [0.4, 0.5) is 17.3 Å². The molecule has 0 bridgehead atoms. The van der Waals surface area contributed by atoms with E-state index >= 15 is 0 Å². The van der Waals surface area contributed by atoms with Gasteiger partial charge in [0.05, 0.1) is 11.6 Å². The molecular weight excluding hydrogens is 362 g/mol. The minimum atomic E-state index is -0.221. The molecule has 1 fully saturated rings. The van der Waals surface area contributed by atoms with Crippen molar-refractivity contribution in [2.75, 3.05) is 28.6 Å². The van der Waals surface area contributed by atoms with Crippen LogP contribution in [0.2, 0.25) is 0 Å². The lowest BCUT2D eigenvalue weighted by Crippen LogP contribution is -2.17. The van der Waals surface area contributed by atoms with Crippen LogP contribution in [0.25, 0.3) is 0 Å². The molecule has 1 aromatic heterocycles. The van der Waals surface area contributed by atoms with Crippen molar-refractivity contribution >= 4 is 23.2 Å². The Morgan fingerprint density at radius 1 is 0.966 bits per heavy atom. The van der Waals surface area contributed by atoms with Crippen molar-refractivity contribution in [3.8, 4) is 0 Å². The number of nitrogens with zero attached hydrogens (tertiary/aromatic N) is 3. The molecule has 1 aliphatic rings. The zero-order valence-corrected chi connectivity index (χ0v) is 16.5. The number of anilines is 3. The minimum Gasteiger partial charge on any atom is -0.372 e. The number of benzene rings is 2. The van der Waals surface area contributed by atoms with Gasteiger partial charge < -0.3 is 15.5 Å². The van der Waals surface area contributed by atoms with Gasteiger partial charge in [0.2, 0.25) is 5.95 Å². The van der Waals surface area contributed by atoms with E-state index in [1.165, 1.54) is 18.5 Å². The van der Waals surface area contributed by atoms with Gasteiger partial charge in [0.25, 0.3) is 5.91 Å². The molecule has 2 N–H and O–H groups in total. The Labute approximate surface area is 171 Å². The Hall–Kier alpha value is -3.41. The topological polar surface area (TPSA) is 70.2 Å². The maximum absolute atomic E-state index is 12.5. The number of carbonyl (C=O) groups excluding carboxylic acids is 1. The van der Waals surface area contributed by atoms with E-state index in [4.69, 9.17) is 0 Å². The lowest BCUT2D eigenvalue weighted by Gasteiger charge is -2.17. The highest BCUT2D eigenvalue weighted by molar-refractivity contribution is 6.03. The van der Waals surface area contributed by atoms with E-state index in [0.717, 1.165) is 24.3 Å². The van der Waals surface area contributed by atoms with Gasteiger partial charge in [-0.2, -0.15) is 0 Å². The molecule has 6 heteroatoms. The minimum absolute atomic E-state index is 0.0741. The summed E-state index contributed by atoms with van der Waals surface area (Å²) in [7, 11) is 0. The van der Waals surface area contributed by atoms with Gasteiger partial charge in [0, 0.05) is 36.9 Å². The smallest absolute Gasteiger partial charge is 0.258 e. The van der Waals surface area contributed by atoms with Crippen molar-refractivity contribution < 1.29 is 4.79 Å². The average Bonchev–Trinajstić information content (AvgIpc) is 3.30. The fourth-order valence-corrected chi connectivity index (χ4v) is 3.47. The highest BCUT2D eigenvalue weighted by atomic mass is 16.1. The van der Waals surface area contributed by atoms with Crippen LogP contribution >= 0.6 is 0 Å². The van der Waals surface area contributed by atoms with Crippen LogP contribution in [0.1, 0.15) is 41.7 Å². The molecule has 0 aliphatic carbocycles. The number of nitrogens with one attached hydrogen (secondary N) is 2. The van der Waals surface area contributed by atoms with E-state index in [2.05, 4.69) is 49.8 Å². The Kier molecular flexibility index (Phi) is 5.70. The van der Waals surface area contributed by atoms with Crippen molar-refractivity contribution in [2.45, 2.75) is 25.8 Å². The fourth-order valence-electron chi connectivity index (χ4n) is 3.47. The predicted octanol–water partition coefficient (Wildman–Crippen LogP) is 4.50. The normalized spacial score (nSPS) is 14.4. The summed E-state index contributed by atoms with van der Waals surface area (Å²) < 4.78 is 0. The maximum atomic E-state index is 12.5. The van der Waals surface area contributed by atoms with Crippen LogP contribution in [-0.4, -0.2) is 29.0 Å². The van der Waals surface area contributed by atoms with E-state index in [9.17, 15) is 4.79 Å². The number of aromatic nitrogens is 2. The van der Waals surface area contributed by atoms with E-state index in [-0.39, 0.29) is 11.9 Å². The van der Waals surface area contributed by atoms with Gasteiger partial charge in [-0.05, 0) is 49.6 Å². The second-order valence-electron chi connectivity index (χ2n) is 7.27. The van der Waals surface area contributed by atoms with Crippen LogP contribution in [0, 0.1) is 0 Å². The molecule has 1 atom stereocenters. The first-order valence-electron chi connectivity index (χ1n) is 9.99. The zero-order chi connectivity index (χ0) is 20.1. The Morgan fingerprint density at radius 3 is 2.28 bits per heavy atom. The van der Waals surface area contributed by atoms with Gasteiger partial charge in [-0.3, -0.25) is 4.79 Å². The Bertz CT molecular complexity index is 935. The SMILES string of the molecule is CC(Nc1ncc(C(=O)Nc2ccc(N3CCCC3)cc2)cn1)c1ccccc1. The summed E-state index contributed by atoms with van der Waals surface area (Å²) in [5, 5.41) is 6.15. The Balaban J connectivity index is 1.35. The predicted molar refractivity (Wildman–Crippen MR) is 116 cm³/mol. The van der Waals surface area contributed by atoms with E-state index in [1.54, 1.807) is 12.4 Å². The molecule has 6 nitrogen and oxygen atoms in total.